The van der Waals surface area contributed by atoms with Crippen LogP contribution in [0.1, 0.15) is 19.4 Å². The van der Waals surface area contributed by atoms with Crippen LogP contribution in [-0.2, 0) is 16.0 Å². The summed E-state index contributed by atoms with van der Waals surface area (Å²) in [6.45, 7) is 4.36. The molecule has 2 N–H and O–H groups in total. The first-order valence-electron chi connectivity index (χ1n) is 5.58. The molecule has 6 heteroatoms. The molecule has 0 aliphatic rings. The SMILES string of the molecule is CC(C)COC(=O)Cc1ccc(OP(O)O)cc1. The standard InChI is InChI=1S/C12H17O5P/c1-9(2)8-16-12(13)7-10-3-5-11(6-4-10)17-18(14)15/h3-6,9,14-15H,7-8H2,1-2H3. The van der Waals surface area contributed by atoms with Crippen molar-refractivity contribution in [3.05, 3.63) is 29.8 Å². The van der Waals surface area contributed by atoms with Crippen molar-refractivity contribution in [2.45, 2.75) is 20.3 Å². The number of ether oxygens (including phenoxy) is 1. The van der Waals surface area contributed by atoms with Crippen molar-refractivity contribution in [2.75, 3.05) is 6.61 Å². The minimum absolute atomic E-state index is 0.194. The van der Waals surface area contributed by atoms with E-state index in [1.165, 1.54) is 0 Å². The van der Waals surface area contributed by atoms with Crippen molar-refractivity contribution in [3.63, 3.8) is 0 Å². The average molecular weight is 272 g/mol. The Hall–Kier alpha value is -1.16. The number of hydrogen-bond acceptors (Lipinski definition) is 5. The molecule has 100 valence electrons. The van der Waals surface area contributed by atoms with Gasteiger partial charge in [0.2, 0.25) is 0 Å². The summed E-state index contributed by atoms with van der Waals surface area (Å²) in [7, 11) is -2.41. The average Bonchev–Trinajstić information content (AvgIpc) is 2.28. The summed E-state index contributed by atoms with van der Waals surface area (Å²) in [6.07, 6.45) is 0.194. The van der Waals surface area contributed by atoms with E-state index in [1.807, 2.05) is 13.8 Å². The van der Waals surface area contributed by atoms with Gasteiger partial charge in [0.1, 0.15) is 5.75 Å². The van der Waals surface area contributed by atoms with Gasteiger partial charge in [-0.3, -0.25) is 4.79 Å². The molecule has 0 spiro atoms. The van der Waals surface area contributed by atoms with E-state index in [1.54, 1.807) is 24.3 Å². The van der Waals surface area contributed by atoms with Crippen molar-refractivity contribution in [1.29, 1.82) is 0 Å². The minimum Gasteiger partial charge on any atom is -0.465 e. The van der Waals surface area contributed by atoms with Crippen LogP contribution >= 0.6 is 8.60 Å². The van der Waals surface area contributed by atoms with Crippen LogP contribution in [0.5, 0.6) is 5.75 Å². The lowest BCUT2D eigenvalue weighted by Crippen LogP contribution is -2.12. The van der Waals surface area contributed by atoms with Crippen molar-refractivity contribution >= 4 is 14.6 Å². The first-order valence-corrected chi connectivity index (χ1v) is 6.74. The van der Waals surface area contributed by atoms with Gasteiger partial charge in [-0.1, -0.05) is 26.0 Å². The molecule has 1 aromatic carbocycles. The molecule has 0 fully saturated rings. The summed E-state index contributed by atoms with van der Waals surface area (Å²) in [4.78, 5) is 28.8. The first kappa shape index (κ1) is 14.9. The van der Waals surface area contributed by atoms with Gasteiger partial charge >= 0.3 is 14.6 Å². The van der Waals surface area contributed by atoms with Crippen molar-refractivity contribution in [3.8, 4) is 5.75 Å². The Labute approximate surface area is 107 Å². The van der Waals surface area contributed by atoms with Gasteiger partial charge in [-0.2, -0.15) is 0 Å². The van der Waals surface area contributed by atoms with Gasteiger partial charge in [-0.25, -0.2) is 0 Å². The van der Waals surface area contributed by atoms with Crippen LogP contribution < -0.4 is 4.52 Å². The Kier molecular flexibility index (Phi) is 6.05. The van der Waals surface area contributed by atoms with Crippen LogP contribution in [0.25, 0.3) is 0 Å². The highest BCUT2D eigenvalue weighted by Crippen LogP contribution is 2.28. The van der Waals surface area contributed by atoms with Gasteiger partial charge in [0.25, 0.3) is 0 Å². The molecule has 0 unspecified atom stereocenters. The minimum atomic E-state index is -2.41. The van der Waals surface area contributed by atoms with Crippen LogP contribution in [0.4, 0.5) is 0 Å². The molecular weight excluding hydrogens is 255 g/mol. The van der Waals surface area contributed by atoms with Gasteiger partial charge in [-0.05, 0) is 23.6 Å². The van der Waals surface area contributed by atoms with E-state index in [9.17, 15) is 4.79 Å². The smallest absolute Gasteiger partial charge is 0.391 e. The molecule has 1 aromatic rings. The molecular formula is C12H17O5P. The molecule has 5 nitrogen and oxygen atoms in total. The van der Waals surface area contributed by atoms with Gasteiger partial charge in [0.05, 0.1) is 13.0 Å². The fraction of sp³-hybridized carbons (Fsp3) is 0.417. The fourth-order valence-electron chi connectivity index (χ4n) is 1.24. The second-order valence-corrected chi connectivity index (χ2v) is 4.93. The molecule has 0 aromatic heterocycles. The van der Waals surface area contributed by atoms with E-state index in [2.05, 4.69) is 0 Å². The molecule has 0 saturated carbocycles. The molecule has 0 aliphatic heterocycles. The maximum Gasteiger partial charge on any atom is 0.391 e. The molecule has 0 aliphatic carbocycles. The van der Waals surface area contributed by atoms with Crippen molar-refractivity contribution < 1.29 is 23.8 Å². The number of carbonyl (C=O) groups excluding carboxylic acids is 1. The largest absolute Gasteiger partial charge is 0.465 e. The van der Waals surface area contributed by atoms with Gasteiger partial charge in [0, 0.05) is 0 Å². The summed E-state index contributed by atoms with van der Waals surface area (Å²) in [5, 5.41) is 0. The lowest BCUT2D eigenvalue weighted by molar-refractivity contribution is -0.143. The number of esters is 1. The van der Waals surface area contributed by atoms with Gasteiger partial charge < -0.3 is 19.0 Å². The van der Waals surface area contributed by atoms with Crippen LogP contribution in [0.15, 0.2) is 24.3 Å². The second kappa shape index (κ2) is 7.31. The third-order valence-corrected chi connectivity index (χ3v) is 2.41. The monoisotopic (exact) mass is 272 g/mol. The Bertz CT molecular complexity index is 375. The predicted octanol–water partition coefficient (Wildman–Crippen LogP) is 2.02. The zero-order valence-electron chi connectivity index (χ0n) is 10.4. The van der Waals surface area contributed by atoms with Crippen LogP contribution in [0.3, 0.4) is 0 Å². The molecule has 1 rings (SSSR count). The Morgan fingerprint density at radius 1 is 1.28 bits per heavy atom. The fourth-order valence-corrected chi connectivity index (χ4v) is 1.55. The zero-order valence-corrected chi connectivity index (χ0v) is 11.3. The summed E-state index contributed by atoms with van der Waals surface area (Å²) in [6, 6.07) is 6.52. The molecule has 0 bridgehead atoms. The van der Waals surface area contributed by atoms with Crippen molar-refractivity contribution in [1.82, 2.24) is 0 Å². The Morgan fingerprint density at radius 2 is 1.89 bits per heavy atom. The summed E-state index contributed by atoms with van der Waals surface area (Å²) >= 11 is 0. The van der Waals surface area contributed by atoms with Crippen LogP contribution in [0.2, 0.25) is 0 Å². The van der Waals surface area contributed by atoms with E-state index >= 15 is 0 Å². The third kappa shape index (κ3) is 5.96. The molecule has 0 saturated heterocycles. The maximum atomic E-state index is 11.4. The third-order valence-electron chi connectivity index (χ3n) is 2.04. The molecule has 0 radical (unpaired) electrons. The topological polar surface area (TPSA) is 76.0 Å². The number of hydrogen-bond donors (Lipinski definition) is 2. The molecule has 0 heterocycles. The van der Waals surface area contributed by atoms with E-state index in [0.717, 1.165) is 5.56 Å². The number of benzene rings is 1. The Balaban J connectivity index is 2.45. The normalized spacial score (nSPS) is 10.8. The summed E-state index contributed by atoms with van der Waals surface area (Å²) in [5.41, 5.74) is 0.788. The summed E-state index contributed by atoms with van der Waals surface area (Å²) < 4.78 is 9.77. The quantitative estimate of drug-likeness (QED) is 0.612. The van der Waals surface area contributed by atoms with E-state index in [4.69, 9.17) is 19.0 Å². The first-order chi connectivity index (χ1) is 8.47. The molecule has 0 amide bonds. The predicted molar refractivity (Wildman–Crippen MR) is 67.9 cm³/mol. The van der Waals surface area contributed by atoms with Crippen LogP contribution in [-0.4, -0.2) is 22.4 Å². The summed E-state index contributed by atoms with van der Waals surface area (Å²) in [5.74, 6) is 0.396. The molecule has 18 heavy (non-hydrogen) atoms. The highest BCUT2D eigenvalue weighted by Gasteiger charge is 2.07. The second-order valence-electron chi connectivity index (χ2n) is 4.24. The van der Waals surface area contributed by atoms with Gasteiger partial charge in [0.15, 0.2) is 0 Å². The zero-order chi connectivity index (χ0) is 13.5. The molecule has 0 atom stereocenters. The highest BCUT2D eigenvalue weighted by atomic mass is 31.2. The van der Waals surface area contributed by atoms with Crippen LogP contribution in [0, 0.1) is 5.92 Å². The van der Waals surface area contributed by atoms with E-state index in [0.29, 0.717) is 18.3 Å². The number of carbonyl (C=O) groups is 1. The van der Waals surface area contributed by atoms with E-state index in [-0.39, 0.29) is 12.4 Å². The lowest BCUT2D eigenvalue weighted by Gasteiger charge is -2.08. The van der Waals surface area contributed by atoms with Gasteiger partial charge in [-0.15, -0.1) is 0 Å². The van der Waals surface area contributed by atoms with Crippen molar-refractivity contribution in [2.24, 2.45) is 5.92 Å². The highest BCUT2D eigenvalue weighted by molar-refractivity contribution is 7.39. The maximum absolute atomic E-state index is 11.4. The van der Waals surface area contributed by atoms with E-state index < -0.39 is 8.60 Å². The number of rotatable bonds is 6. The Morgan fingerprint density at radius 3 is 2.39 bits per heavy atom. The lowest BCUT2D eigenvalue weighted by atomic mass is 10.1.